The fourth-order valence-corrected chi connectivity index (χ4v) is 2.25. The van der Waals surface area contributed by atoms with Crippen LogP contribution >= 0.6 is 0 Å². The molecule has 20 heavy (non-hydrogen) atoms. The predicted octanol–water partition coefficient (Wildman–Crippen LogP) is 1.90. The Bertz CT molecular complexity index is 804. The van der Waals surface area contributed by atoms with E-state index in [2.05, 4.69) is 46.6 Å². The molecule has 2 N–H and O–H groups in total. The van der Waals surface area contributed by atoms with Gasteiger partial charge in [-0.1, -0.05) is 24.3 Å². The van der Waals surface area contributed by atoms with Crippen molar-refractivity contribution >= 4 is 11.5 Å². The third-order valence-electron chi connectivity index (χ3n) is 3.29. The topological polar surface area (TPSA) is 75.1 Å². The van der Waals surface area contributed by atoms with Crippen LogP contribution in [0.1, 0.15) is 24.1 Å². The van der Waals surface area contributed by atoms with Crippen LogP contribution in [-0.4, -0.2) is 19.8 Å². The largest absolute Gasteiger partial charge is 0.364 e. The number of nitrogens with zero attached hydrogens (tertiary/aromatic N) is 3. The van der Waals surface area contributed by atoms with Gasteiger partial charge < -0.3 is 5.32 Å². The number of aromatic amines is 1. The van der Waals surface area contributed by atoms with Crippen molar-refractivity contribution in [2.45, 2.75) is 19.9 Å². The number of aryl methyl sites for hydroxylation is 1. The zero-order valence-electron chi connectivity index (χ0n) is 11.3. The number of nitrogens with one attached hydrogen (secondary N) is 2. The summed E-state index contributed by atoms with van der Waals surface area (Å²) < 4.78 is 1.24. The van der Waals surface area contributed by atoms with E-state index < -0.39 is 0 Å². The first-order valence-electron chi connectivity index (χ1n) is 6.41. The molecule has 0 amide bonds. The molecule has 0 bridgehead atoms. The number of rotatable bonds is 3. The lowest BCUT2D eigenvalue weighted by Crippen LogP contribution is -2.15. The number of benzene rings is 1. The standard InChI is InChI=1S/C14H15N5O/c1-9-5-3-4-6-11(9)10(2)15-12-7-8-13-16-17-14(20)19(13)18-12/h3-8,10H,1-2H3,(H,15,18)(H,17,20). The first-order chi connectivity index (χ1) is 9.65. The van der Waals surface area contributed by atoms with Crippen molar-refractivity contribution in [3.8, 4) is 0 Å². The lowest BCUT2D eigenvalue weighted by atomic mass is 10.0. The second-order valence-corrected chi connectivity index (χ2v) is 4.74. The Morgan fingerprint density at radius 2 is 2.05 bits per heavy atom. The van der Waals surface area contributed by atoms with Gasteiger partial charge in [-0.3, -0.25) is 0 Å². The van der Waals surface area contributed by atoms with E-state index in [1.54, 1.807) is 6.07 Å². The van der Waals surface area contributed by atoms with Crippen LogP contribution in [0.15, 0.2) is 41.2 Å². The number of fused-ring (bicyclic) bond motifs is 1. The Hall–Kier alpha value is -2.63. The maximum absolute atomic E-state index is 11.5. The number of anilines is 1. The van der Waals surface area contributed by atoms with Crippen molar-refractivity contribution in [2.24, 2.45) is 0 Å². The van der Waals surface area contributed by atoms with E-state index in [-0.39, 0.29) is 11.7 Å². The van der Waals surface area contributed by atoms with E-state index in [9.17, 15) is 4.79 Å². The van der Waals surface area contributed by atoms with Crippen LogP contribution < -0.4 is 11.0 Å². The molecule has 1 unspecified atom stereocenters. The van der Waals surface area contributed by atoms with Gasteiger partial charge in [0.25, 0.3) is 0 Å². The molecule has 1 atom stereocenters. The van der Waals surface area contributed by atoms with Crippen LogP contribution in [0.4, 0.5) is 5.82 Å². The molecule has 0 saturated carbocycles. The predicted molar refractivity (Wildman–Crippen MR) is 76.8 cm³/mol. The molecule has 0 aliphatic carbocycles. The van der Waals surface area contributed by atoms with Gasteiger partial charge in [0.1, 0.15) is 5.82 Å². The lowest BCUT2D eigenvalue weighted by Gasteiger charge is -2.16. The maximum Gasteiger partial charge on any atom is 0.364 e. The fraction of sp³-hybridized carbons (Fsp3) is 0.214. The Morgan fingerprint density at radius 3 is 2.85 bits per heavy atom. The minimum atomic E-state index is -0.341. The Balaban J connectivity index is 1.91. The molecule has 0 aliphatic rings. The number of aromatic nitrogens is 4. The monoisotopic (exact) mass is 269 g/mol. The second-order valence-electron chi connectivity index (χ2n) is 4.74. The summed E-state index contributed by atoms with van der Waals surface area (Å²) in [6.45, 7) is 4.14. The molecular weight excluding hydrogens is 254 g/mol. The van der Waals surface area contributed by atoms with Gasteiger partial charge in [0, 0.05) is 0 Å². The molecule has 2 heterocycles. The molecule has 0 fully saturated rings. The maximum atomic E-state index is 11.5. The zero-order chi connectivity index (χ0) is 14.1. The Kier molecular flexibility index (Phi) is 2.98. The normalized spacial score (nSPS) is 12.5. The van der Waals surface area contributed by atoms with Crippen molar-refractivity contribution in [1.82, 2.24) is 19.8 Å². The van der Waals surface area contributed by atoms with Crippen LogP contribution in [0.2, 0.25) is 0 Å². The molecule has 102 valence electrons. The number of hydrogen-bond acceptors (Lipinski definition) is 4. The SMILES string of the molecule is Cc1ccccc1C(C)Nc1ccc2n[nH]c(=O)n2n1. The summed E-state index contributed by atoms with van der Waals surface area (Å²) in [5.41, 5.74) is 2.58. The molecule has 3 rings (SSSR count). The van der Waals surface area contributed by atoms with Crippen LogP contribution in [0.3, 0.4) is 0 Å². The third-order valence-corrected chi connectivity index (χ3v) is 3.29. The summed E-state index contributed by atoms with van der Waals surface area (Å²) in [6, 6.07) is 11.8. The third kappa shape index (κ3) is 2.16. The van der Waals surface area contributed by atoms with E-state index >= 15 is 0 Å². The summed E-state index contributed by atoms with van der Waals surface area (Å²) in [6.07, 6.45) is 0. The highest BCUT2D eigenvalue weighted by atomic mass is 16.2. The Labute approximate surface area is 115 Å². The number of hydrogen-bond donors (Lipinski definition) is 2. The van der Waals surface area contributed by atoms with E-state index in [1.807, 2.05) is 18.2 Å². The fourth-order valence-electron chi connectivity index (χ4n) is 2.25. The van der Waals surface area contributed by atoms with Crippen LogP contribution in [0, 0.1) is 6.92 Å². The van der Waals surface area contributed by atoms with Gasteiger partial charge >= 0.3 is 5.69 Å². The number of H-pyrrole nitrogens is 1. The zero-order valence-corrected chi connectivity index (χ0v) is 11.3. The van der Waals surface area contributed by atoms with Gasteiger partial charge in [-0.2, -0.15) is 9.61 Å². The summed E-state index contributed by atoms with van der Waals surface area (Å²) in [5.74, 6) is 0.636. The first-order valence-corrected chi connectivity index (χ1v) is 6.41. The molecule has 0 radical (unpaired) electrons. The quantitative estimate of drug-likeness (QED) is 0.761. The molecule has 0 saturated heterocycles. The average Bonchev–Trinajstić information content (AvgIpc) is 2.81. The van der Waals surface area contributed by atoms with Gasteiger partial charge in [-0.15, -0.1) is 5.10 Å². The van der Waals surface area contributed by atoms with Crippen molar-refractivity contribution in [3.05, 3.63) is 58.0 Å². The average molecular weight is 269 g/mol. The highest BCUT2D eigenvalue weighted by Crippen LogP contribution is 2.20. The van der Waals surface area contributed by atoms with Gasteiger partial charge in [0.05, 0.1) is 6.04 Å². The Morgan fingerprint density at radius 1 is 1.25 bits per heavy atom. The molecule has 3 aromatic rings. The van der Waals surface area contributed by atoms with Crippen molar-refractivity contribution in [2.75, 3.05) is 5.32 Å². The molecular formula is C14H15N5O. The lowest BCUT2D eigenvalue weighted by molar-refractivity contribution is 0.826. The van der Waals surface area contributed by atoms with Crippen LogP contribution in [0.25, 0.3) is 5.65 Å². The summed E-state index contributed by atoms with van der Waals surface area (Å²) in [4.78, 5) is 11.5. The van der Waals surface area contributed by atoms with Gasteiger partial charge in [-0.25, -0.2) is 9.89 Å². The summed E-state index contributed by atoms with van der Waals surface area (Å²) in [5, 5.41) is 13.7. The van der Waals surface area contributed by atoms with Crippen LogP contribution in [0.5, 0.6) is 0 Å². The molecule has 6 heteroatoms. The van der Waals surface area contributed by atoms with E-state index in [0.717, 1.165) is 0 Å². The molecule has 0 aliphatic heterocycles. The second kappa shape index (κ2) is 4.80. The van der Waals surface area contributed by atoms with E-state index in [0.29, 0.717) is 11.5 Å². The molecule has 1 aromatic carbocycles. The van der Waals surface area contributed by atoms with Crippen molar-refractivity contribution in [3.63, 3.8) is 0 Å². The minimum absolute atomic E-state index is 0.101. The van der Waals surface area contributed by atoms with Crippen molar-refractivity contribution < 1.29 is 0 Å². The minimum Gasteiger partial charge on any atom is -0.362 e. The highest BCUT2D eigenvalue weighted by Gasteiger charge is 2.09. The van der Waals surface area contributed by atoms with E-state index in [1.165, 1.54) is 15.6 Å². The smallest absolute Gasteiger partial charge is 0.362 e. The summed E-state index contributed by atoms with van der Waals surface area (Å²) >= 11 is 0. The molecule has 2 aromatic heterocycles. The first kappa shape index (κ1) is 12.4. The van der Waals surface area contributed by atoms with Gasteiger partial charge in [0.15, 0.2) is 5.65 Å². The van der Waals surface area contributed by atoms with Gasteiger partial charge in [0.2, 0.25) is 0 Å². The molecule has 6 nitrogen and oxygen atoms in total. The van der Waals surface area contributed by atoms with Gasteiger partial charge in [-0.05, 0) is 37.1 Å². The summed E-state index contributed by atoms with van der Waals surface area (Å²) in [7, 11) is 0. The van der Waals surface area contributed by atoms with Crippen molar-refractivity contribution in [1.29, 1.82) is 0 Å². The molecule has 0 spiro atoms. The highest BCUT2D eigenvalue weighted by molar-refractivity contribution is 5.45. The van der Waals surface area contributed by atoms with E-state index in [4.69, 9.17) is 0 Å². The van der Waals surface area contributed by atoms with Crippen LogP contribution in [-0.2, 0) is 0 Å².